The number of rotatable bonds is 4. The Hall–Kier alpha value is -3.08. The predicted molar refractivity (Wildman–Crippen MR) is 77.9 cm³/mol. The van der Waals surface area contributed by atoms with E-state index in [1.54, 1.807) is 24.3 Å². The molecule has 0 aliphatic rings. The molecule has 0 aliphatic carbocycles. The number of aromatic amines is 1. The van der Waals surface area contributed by atoms with Gasteiger partial charge in [0.15, 0.2) is 5.75 Å². The molecular weight excluding hydrogens is 268 g/mol. The first kappa shape index (κ1) is 12.9. The van der Waals surface area contributed by atoms with Crippen LogP contribution in [0.5, 0.6) is 23.0 Å². The second kappa shape index (κ2) is 5.92. The Balaban J connectivity index is 1.94. The molecule has 0 fully saturated rings. The van der Waals surface area contributed by atoms with E-state index in [0.717, 1.165) is 0 Å². The van der Waals surface area contributed by atoms with Crippen LogP contribution in [0.2, 0.25) is 0 Å². The number of nitrogens with zero attached hydrogens (tertiary/aromatic N) is 1. The van der Waals surface area contributed by atoms with Crippen molar-refractivity contribution in [1.82, 2.24) is 10.2 Å². The molecule has 3 rings (SSSR count). The molecule has 0 saturated carbocycles. The van der Waals surface area contributed by atoms with Crippen LogP contribution in [-0.2, 0) is 0 Å². The lowest BCUT2D eigenvalue weighted by molar-refractivity contribution is 0.409. The number of nitrogens with one attached hydrogen (secondary N) is 1. The average molecular weight is 280 g/mol. The van der Waals surface area contributed by atoms with Gasteiger partial charge in [0.2, 0.25) is 5.75 Å². The minimum absolute atomic E-state index is 0.0695. The molecule has 0 spiro atoms. The van der Waals surface area contributed by atoms with Crippen LogP contribution in [0.15, 0.2) is 71.7 Å². The SMILES string of the molecule is O=c1[nH]ncc(Oc2ccccc2)c1Oc1ccccc1. The van der Waals surface area contributed by atoms with E-state index in [1.165, 1.54) is 6.20 Å². The van der Waals surface area contributed by atoms with E-state index < -0.39 is 5.56 Å². The second-order valence-corrected chi connectivity index (χ2v) is 4.22. The Morgan fingerprint density at radius 3 is 2.00 bits per heavy atom. The zero-order chi connectivity index (χ0) is 14.5. The summed E-state index contributed by atoms with van der Waals surface area (Å²) >= 11 is 0. The summed E-state index contributed by atoms with van der Waals surface area (Å²) in [5.74, 6) is 1.48. The van der Waals surface area contributed by atoms with Gasteiger partial charge in [0.1, 0.15) is 11.5 Å². The first-order valence-corrected chi connectivity index (χ1v) is 6.36. The number of hydrogen-bond donors (Lipinski definition) is 1. The van der Waals surface area contributed by atoms with Crippen molar-refractivity contribution in [3.8, 4) is 23.0 Å². The average Bonchev–Trinajstić information content (AvgIpc) is 2.53. The molecule has 0 atom stereocenters. The summed E-state index contributed by atoms with van der Waals surface area (Å²) in [6, 6.07) is 18.2. The van der Waals surface area contributed by atoms with E-state index in [9.17, 15) is 4.79 Å². The molecule has 2 aromatic carbocycles. The molecule has 5 heteroatoms. The van der Waals surface area contributed by atoms with Gasteiger partial charge in [-0.1, -0.05) is 36.4 Å². The van der Waals surface area contributed by atoms with Gasteiger partial charge >= 0.3 is 5.56 Å². The van der Waals surface area contributed by atoms with Crippen molar-refractivity contribution >= 4 is 0 Å². The number of para-hydroxylation sites is 2. The van der Waals surface area contributed by atoms with Gasteiger partial charge in [0, 0.05) is 0 Å². The van der Waals surface area contributed by atoms with E-state index in [2.05, 4.69) is 10.2 Å². The Morgan fingerprint density at radius 1 is 0.810 bits per heavy atom. The summed E-state index contributed by atoms with van der Waals surface area (Å²) in [6.07, 6.45) is 1.41. The quantitative estimate of drug-likeness (QED) is 0.796. The lowest BCUT2D eigenvalue weighted by Gasteiger charge is -2.10. The number of ether oxygens (including phenoxy) is 2. The lowest BCUT2D eigenvalue weighted by Crippen LogP contribution is -2.11. The highest BCUT2D eigenvalue weighted by atomic mass is 16.5. The largest absolute Gasteiger partial charge is 0.452 e. The maximum atomic E-state index is 11.9. The zero-order valence-electron chi connectivity index (χ0n) is 11.0. The molecule has 0 amide bonds. The van der Waals surface area contributed by atoms with Crippen molar-refractivity contribution in [3.63, 3.8) is 0 Å². The fourth-order valence-corrected chi connectivity index (χ4v) is 1.76. The summed E-state index contributed by atoms with van der Waals surface area (Å²) in [5, 5.41) is 6.08. The van der Waals surface area contributed by atoms with Crippen LogP contribution in [0.4, 0.5) is 0 Å². The van der Waals surface area contributed by atoms with Crippen LogP contribution >= 0.6 is 0 Å². The molecule has 1 N–H and O–H groups in total. The van der Waals surface area contributed by atoms with Crippen molar-refractivity contribution in [3.05, 3.63) is 77.2 Å². The van der Waals surface area contributed by atoms with Crippen molar-refractivity contribution in [2.24, 2.45) is 0 Å². The normalized spacial score (nSPS) is 10.1. The van der Waals surface area contributed by atoms with Gasteiger partial charge in [-0.3, -0.25) is 4.79 Å². The third-order valence-corrected chi connectivity index (χ3v) is 2.71. The molecule has 1 heterocycles. The van der Waals surface area contributed by atoms with E-state index in [-0.39, 0.29) is 11.5 Å². The van der Waals surface area contributed by atoms with Gasteiger partial charge in [-0.15, -0.1) is 0 Å². The van der Waals surface area contributed by atoms with Gasteiger partial charge < -0.3 is 9.47 Å². The first-order chi connectivity index (χ1) is 10.3. The minimum atomic E-state index is -0.452. The summed E-state index contributed by atoms with van der Waals surface area (Å²) < 4.78 is 11.3. The van der Waals surface area contributed by atoms with E-state index >= 15 is 0 Å². The van der Waals surface area contributed by atoms with Gasteiger partial charge in [-0.05, 0) is 24.3 Å². The predicted octanol–water partition coefficient (Wildman–Crippen LogP) is 3.35. The van der Waals surface area contributed by atoms with Gasteiger partial charge in [0.05, 0.1) is 6.20 Å². The summed E-state index contributed by atoms with van der Waals surface area (Å²) in [7, 11) is 0. The molecule has 0 saturated heterocycles. The Bertz CT molecular complexity index is 770. The van der Waals surface area contributed by atoms with E-state index in [4.69, 9.17) is 9.47 Å². The van der Waals surface area contributed by atoms with Crippen LogP contribution < -0.4 is 15.0 Å². The molecule has 0 unspecified atom stereocenters. The third-order valence-electron chi connectivity index (χ3n) is 2.71. The molecule has 1 aromatic heterocycles. The highest BCUT2D eigenvalue weighted by molar-refractivity contribution is 5.41. The Kier molecular flexibility index (Phi) is 3.64. The van der Waals surface area contributed by atoms with E-state index in [0.29, 0.717) is 11.5 Å². The number of benzene rings is 2. The van der Waals surface area contributed by atoms with Crippen LogP contribution in [0, 0.1) is 0 Å². The second-order valence-electron chi connectivity index (χ2n) is 4.22. The maximum Gasteiger partial charge on any atom is 0.311 e. The van der Waals surface area contributed by atoms with Gasteiger partial charge in [-0.2, -0.15) is 5.10 Å². The minimum Gasteiger partial charge on any atom is -0.452 e. The standard InChI is InChI=1S/C16H12N2O3/c19-16-15(21-13-9-5-2-6-10-13)14(11-17-18-16)20-12-7-3-1-4-8-12/h1-11H,(H,18,19). The monoisotopic (exact) mass is 280 g/mol. The highest BCUT2D eigenvalue weighted by Gasteiger charge is 2.12. The Labute approximate surface area is 120 Å². The smallest absolute Gasteiger partial charge is 0.311 e. The maximum absolute atomic E-state index is 11.9. The highest BCUT2D eigenvalue weighted by Crippen LogP contribution is 2.30. The van der Waals surface area contributed by atoms with Crippen LogP contribution in [0.1, 0.15) is 0 Å². The van der Waals surface area contributed by atoms with Gasteiger partial charge in [0.25, 0.3) is 0 Å². The molecule has 0 bridgehead atoms. The van der Waals surface area contributed by atoms with Crippen molar-refractivity contribution in [1.29, 1.82) is 0 Å². The molecule has 0 aliphatic heterocycles. The number of aromatic nitrogens is 2. The fraction of sp³-hybridized carbons (Fsp3) is 0. The molecule has 104 valence electrons. The molecular formula is C16H12N2O3. The first-order valence-electron chi connectivity index (χ1n) is 6.36. The van der Waals surface area contributed by atoms with Crippen molar-refractivity contribution in [2.45, 2.75) is 0 Å². The molecule has 5 nitrogen and oxygen atoms in total. The van der Waals surface area contributed by atoms with Crippen LogP contribution in [0.3, 0.4) is 0 Å². The molecule has 0 radical (unpaired) electrons. The van der Waals surface area contributed by atoms with Crippen LogP contribution in [-0.4, -0.2) is 10.2 Å². The summed E-state index contributed by atoms with van der Waals surface area (Å²) in [5.41, 5.74) is -0.452. The summed E-state index contributed by atoms with van der Waals surface area (Å²) in [4.78, 5) is 11.9. The van der Waals surface area contributed by atoms with Crippen molar-refractivity contribution in [2.75, 3.05) is 0 Å². The number of hydrogen-bond acceptors (Lipinski definition) is 4. The lowest BCUT2D eigenvalue weighted by atomic mass is 10.3. The zero-order valence-corrected chi connectivity index (χ0v) is 11.0. The fourth-order valence-electron chi connectivity index (χ4n) is 1.76. The number of H-pyrrole nitrogens is 1. The molecule has 21 heavy (non-hydrogen) atoms. The Morgan fingerprint density at radius 2 is 1.38 bits per heavy atom. The van der Waals surface area contributed by atoms with Gasteiger partial charge in [-0.25, -0.2) is 5.10 Å². The van der Waals surface area contributed by atoms with Crippen molar-refractivity contribution < 1.29 is 9.47 Å². The summed E-state index contributed by atoms with van der Waals surface area (Å²) in [6.45, 7) is 0. The molecule has 3 aromatic rings. The van der Waals surface area contributed by atoms with E-state index in [1.807, 2.05) is 36.4 Å². The third kappa shape index (κ3) is 3.09. The van der Waals surface area contributed by atoms with Crippen LogP contribution in [0.25, 0.3) is 0 Å². The topological polar surface area (TPSA) is 64.2 Å².